The summed E-state index contributed by atoms with van der Waals surface area (Å²) in [6.07, 6.45) is 3.72. The van der Waals surface area contributed by atoms with Gasteiger partial charge in [0.05, 0.1) is 10.9 Å². The normalized spacial score (nSPS) is 16.4. The molecule has 0 aromatic carbocycles. The first-order valence-electron chi connectivity index (χ1n) is 6.20. The van der Waals surface area contributed by atoms with Gasteiger partial charge in [0.2, 0.25) is 0 Å². The first-order valence-corrected chi connectivity index (χ1v) is 7.92. The highest BCUT2D eigenvalue weighted by Gasteiger charge is 2.36. The van der Waals surface area contributed by atoms with Crippen LogP contribution in [0.25, 0.3) is 0 Å². The highest BCUT2D eigenvalue weighted by molar-refractivity contribution is 7.91. The van der Waals surface area contributed by atoms with E-state index >= 15 is 0 Å². The van der Waals surface area contributed by atoms with Crippen molar-refractivity contribution in [1.29, 1.82) is 0 Å². The number of hydrogen-bond acceptors (Lipinski definition) is 6. The Morgan fingerprint density at radius 1 is 1.53 bits per heavy atom. The molecule has 0 amide bonds. The Balaban J connectivity index is 2.21. The minimum Gasteiger partial charge on any atom is -0.399 e. The molecule has 2 rings (SSSR count). The molecule has 1 aliphatic carbocycles. The Bertz CT molecular complexity index is 580. The number of sulfone groups is 1. The molecule has 7 heteroatoms. The lowest BCUT2D eigenvalue weighted by Crippen LogP contribution is -2.14. The molecule has 1 heterocycles. The van der Waals surface area contributed by atoms with Crippen molar-refractivity contribution in [2.24, 2.45) is 5.16 Å². The number of nitrogens with zero attached hydrogens (tertiary/aromatic N) is 3. The van der Waals surface area contributed by atoms with Gasteiger partial charge in [0.25, 0.3) is 0 Å². The minimum absolute atomic E-state index is 0.102. The minimum atomic E-state index is -3.10. The number of oxime groups is 1. The van der Waals surface area contributed by atoms with Crippen LogP contribution in [0.5, 0.6) is 0 Å². The molecule has 0 spiro atoms. The average Bonchev–Trinajstić information content (AvgIpc) is 3.20. The highest BCUT2D eigenvalue weighted by atomic mass is 32.2. The summed E-state index contributed by atoms with van der Waals surface area (Å²) in [7, 11) is -1.63. The van der Waals surface area contributed by atoms with Crippen molar-refractivity contribution in [3.05, 3.63) is 23.8 Å². The van der Waals surface area contributed by atoms with Gasteiger partial charge < -0.3 is 4.84 Å². The molecule has 1 aliphatic rings. The molecule has 0 N–H and O–H groups in total. The van der Waals surface area contributed by atoms with E-state index in [1.807, 2.05) is 6.92 Å². The molecule has 0 bridgehead atoms. The summed E-state index contributed by atoms with van der Waals surface area (Å²) in [5.74, 6) is 0.219. The van der Waals surface area contributed by atoms with Gasteiger partial charge >= 0.3 is 0 Å². The summed E-state index contributed by atoms with van der Waals surface area (Å²) in [6, 6.07) is 1.70. The second-order valence-corrected chi connectivity index (χ2v) is 6.72. The number of rotatable bonds is 6. The van der Waals surface area contributed by atoms with E-state index in [1.54, 1.807) is 12.3 Å². The van der Waals surface area contributed by atoms with E-state index in [0.717, 1.165) is 12.8 Å². The molecule has 1 aromatic rings. The number of aromatic nitrogens is 2. The summed E-state index contributed by atoms with van der Waals surface area (Å²) in [5, 5.41) is 3.68. The first kappa shape index (κ1) is 13.9. The molecule has 0 atom stereocenters. The van der Waals surface area contributed by atoms with Crippen molar-refractivity contribution in [3.8, 4) is 0 Å². The van der Waals surface area contributed by atoms with Crippen LogP contribution in [0.15, 0.2) is 17.4 Å². The van der Waals surface area contributed by atoms with E-state index in [4.69, 9.17) is 4.84 Å². The largest absolute Gasteiger partial charge is 0.399 e. The van der Waals surface area contributed by atoms with Gasteiger partial charge in [-0.2, -0.15) is 0 Å². The van der Waals surface area contributed by atoms with E-state index in [0.29, 0.717) is 23.7 Å². The first-order chi connectivity index (χ1) is 9.06. The maximum Gasteiger partial charge on any atom is 0.160 e. The molecule has 0 aliphatic heterocycles. The Hall–Kier alpha value is -1.50. The molecule has 0 saturated heterocycles. The van der Waals surface area contributed by atoms with Crippen LogP contribution in [-0.4, -0.2) is 36.5 Å². The lowest BCUT2D eigenvalue weighted by atomic mass is 10.2. The zero-order valence-electron chi connectivity index (χ0n) is 11.0. The average molecular weight is 283 g/mol. The Kier molecular flexibility index (Phi) is 4.14. The van der Waals surface area contributed by atoms with E-state index in [-0.39, 0.29) is 11.0 Å². The van der Waals surface area contributed by atoms with Crippen LogP contribution in [0.4, 0.5) is 0 Å². The van der Waals surface area contributed by atoms with Gasteiger partial charge in [0.1, 0.15) is 24.4 Å². The second kappa shape index (κ2) is 5.64. The Morgan fingerprint density at radius 3 is 2.84 bits per heavy atom. The van der Waals surface area contributed by atoms with Crippen LogP contribution in [0.2, 0.25) is 0 Å². The van der Waals surface area contributed by atoms with Crippen molar-refractivity contribution in [2.75, 3.05) is 7.11 Å². The van der Waals surface area contributed by atoms with Crippen molar-refractivity contribution < 1.29 is 13.3 Å². The van der Waals surface area contributed by atoms with Gasteiger partial charge in [-0.3, -0.25) is 0 Å². The summed E-state index contributed by atoms with van der Waals surface area (Å²) >= 11 is 0. The van der Waals surface area contributed by atoms with Crippen LogP contribution in [-0.2, 0) is 20.4 Å². The van der Waals surface area contributed by atoms with Crippen LogP contribution in [0, 0.1) is 0 Å². The van der Waals surface area contributed by atoms with E-state index in [2.05, 4.69) is 15.1 Å². The molecular formula is C12H17N3O3S. The lowest BCUT2D eigenvalue weighted by Gasteiger charge is -2.05. The molecule has 19 heavy (non-hydrogen) atoms. The third-order valence-corrected chi connectivity index (χ3v) is 5.05. The molecule has 1 saturated carbocycles. The van der Waals surface area contributed by atoms with Gasteiger partial charge in [0, 0.05) is 6.20 Å². The fourth-order valence-corrected chi connectivity index (χ4v) is 3.35. The van der Waals surface area contributed by atoms with Crippen LogP contribution < -0.4 is 0 Å². The predicted octanol–water partition coefficient (Wildman–Crippen LogP) is 1.31. The molecular weight excluding hydrogens is 266 g/mol. The lowest BCUT2D eigenvalue weighted by molar-refractivity contribution is 0.213. The standard InChI is InChI=1S/C12H17N3O3S/c1-3-10(15-18-2)11-6-7-13-12(14-11)8-19(16,17)9-4-5-9/h6-7,9H,3-5,8H2,1-2H3/b15-10+. The van der Waals surface area contributed by atoms with Crippen LogP contribution in [0.3, 0.4) is 0 Å². The maximum absolute atomic E-state index is 11.9. The molecule has 1 fully saturated rings. The van der Waals surface area contributed by atoms with Crippen LogP contribution >= 0.6 is 0 Å². The quantitative estimate of drug-likeness (QED) is 0.581. The molecule has 0 radical (unpaired) electrons. The molecule has 104 valence electrons. The van der Waals surface area contributed by atoms with Crippen molar-refractivity contribution >= 4 is 15.5 Å². The number of hydrogen-bond donors (Lipinski definition) is 0. The SMILES string of the molecule is CC/C(=N\OC)c1ccnc(CS(=O)(=O)C2CC2)n1. The third-order valence-electron chi connectivity index (χ3n) is 2.90. The van der Waals surface area contributed by atoms with Crippen LogP contribution in [0.1, 0.15) is 37.7 Å². The molecule has 0 unspecified atom stereocenters. The van der Waals surface area contributed by atoms with Gasteiger partial charge in [-0.05, 0) is 25.3 Å². The fraction of sp³-hybridized carbons (Fsp3) is 0.583. The summed E-state index contributed by atoms with van der Waals surface area (Å²) in [5.41, 5.74) is 1.29. The second-order valence-electron chi connectivity index (χ2n) is 4.44. The summed E-state index contributed by atoms with van der Waals surface area (Å²) < 4.78 is 23.8. The Labute approximate surface area is 112 Å². The third kappa shape index (κ3) is 3.50. The monoisotopic (exact) mass is 283 g/mol. The molecule has 6 nitrogen and oxygen atoms in total. The highest BCUT2D eigenvalue weighted by Crippen LogP contribution is 2.30. The van der Waals surface area contributed by atoms with Gasteiger partial charge in [-0.15, -0.1) is 0 Å². The zero-order chi connectivity index (χ0) is 13.9. The van der Waals surface area contributed by atoms with Gasteiger partial charge in [-0.25, -0.2) is 18.4 Å². The van der Waals surface area contributed by atoms with Gasteiger partial charge in [-0.1, -0.05) is 12.1 Å². The van der Waals surface area contributed by atoms with Crippen molar-refractivity contribution in [2.45, 2.75) is 37.2 Å². The Morgan fingerprint density at radius 2 is 2.26 bits per heavy atom. The zero-order valence-corrected chi connectivity index (χ0v) is 11.9. The van der Waals surface area contributed by atoms with E-state index in [1.165, 1.54) is 7.11 Å². The van der Waals surface area contributed by atoms with E-state index in [9.17, 15) is 8.42 Å². The maximum atomic E-state index is 11.9. The summed E-state index contributed by atoms with van der Waals surface area (Å²) in [6.45, 7) is 1.93. The fourth-order valence-electron chi connectivity index (χ4n) is 1.76. The van der Waals surface area contributed by atoms with Crippen molar-refractivity contribution in [1.82, 2.24) is 9.97 Å². The van der Waals surface area contributed by atoms with E-state index < -0.39 is 9.84 Å². The van der Waals surface area contributed by atoms with Gasteiger partial charge in [0.15, 0.2) is 9.84 Å². The smallest absolute Gasteiger partial charge is 0.160 e. The van der Waals surface area contributed by atoms with Crippen molar-refractivity contribution in [3.63, 3.8) is 0 Å². The summed E-state index contributed by atoms with van der Waals surface area (Å²) in [4.78, 5) is 13.0. The molecule has 1 aromatic heterocycles. The topological polar surface area (TPSA) is 81.5 Å². The predicted molar refractivity (Wildman–Crippen MR) is 71.5 cm³/mol.